The fourth-order valence-electron chi connectivity index (χ4n) is 2.58. The van der Waals surface area contributed by atoms with Crippen LogP contribution in [-0.4, -0.2) is 26.5 Å². The number of benzene rings is 1. The van der Waals surface area contributed by atoms with Crippen molar-refractivity contribution < 1.29 is 14.3 Å². The van der Waals surface area contributed by atoms with Gasteiger partial charge in [-0.15, -0.1) is 0 Å². The first kappa shape index (κ1) is 19.4. The van der Waals surface area contributed by atoms with Crippen LogP contribution in [0.15, 0.2) is 71.5 Å². The van der Waals surface area contributed by atoms with Crippen molar-refractivity contribution in [2.24, 2.45) is 0 Å². The zero-order valence-corrected chi connectivity index (χ0v) is 15.9. The first-order valence-corrected chi connectivity index (χ1v) is 8.98. The molecule has 1 amide bonds. The number of aromatic nitrogens is 1. The van der Waals surface area contributed by atoms with E-state index in [4.69, 9.17) is 4.42 Å². The fraction of sp³-hybridized carbons (Fsp3) is 0.217. The summed E-state index contributed by atoms with van der Waals surface area (Å²) in [6, 6.07) is 16.3. The van der Waals surface area contributed by atoms with Gasteiger partial charge in [0.2, 0.25) is 0 Å². The lowest BCUT2D eigenvalue weighted by atomic mass is 10.1. The van der Waals surface area contributed by atoms with E-state index in [0.717, 1.165) is 11.3 Å². The van der Waals surface area contributed by atoms with Crippen LogP contribution in [0.1, 0.15) is 41.2 Å². The van der Waals surface area contributed by atoms with Crippen LogP contribution >= 0.6 is 0 Å². The van der Waals surface area contributed by atoms with Crippen LogP contribution in [0.25, 0.3) is 0 Å². The van der Waals surface area contributed by atoms with E-state index in [2.05, 4.69) is 16.8 Å². The molecule has 0 spiro atoms. The summed E-state index contributed by atoms with van der Waals surface area (Å²) in [6.07, 6.45) is 3.30. The average molecular weight is 374 g/mol. The highest BCUT2D eigenvalue weighted by molar-refractivity contribution is 5.94. The molecule has 0 radical (unpaired) electrons. The Morgan fingerprint density at radius 1 is 1.11 bits per heavy atom. The molecular formula is C23H22N2O3. The zero-order valence-electron chi connectivity index (χ0n) is 15.9. The summed E-state index contributed by atoms with van der Waals surface area (Å²) in [5.41, 5.74) is 1.03. The number of nitrogens with zero attached hydrogens (tertiary/aromatic N) is 2. The third-order valence-corrected chi connectivity index (χ3v) is 3.94. The van der Waals surface area contributed by atoms with E-state index in [1.54, 1.807) is 61.5 Å². The standard InChI is InChI=1S/C23H22N2O3/c1-23(2,27)13-12-18-8-10-19(11-9-18)22(26)25(17-21-7-5-15-28-21)16-20-6-3-4-14-24-20/h3-11,14-15,27H,16-17H2,1-2H3. The largest absolute Gasteiger partial charge is 0.467 e. The van der Waals surface area contributed by atoms with Crippen molar-refractivity contribution in [3.63, 3.8) is 0 Å². The summed E-state index contributed by atoms with van der Waals surface area (Å²) in [4.78, 5) is 19.1. The molecule has 2 aromatic heterocycles. The summed E-state index contributed by atoms with van der Waals surface area (Å²) >= 11 is 0. The van der Waals surface area contributed by atoms with Crippen LogP contribution in [-0.2, 0) is 13.1 Å². The molecule has 0 saturated heterocycles. The molecule has 3 aromatic rings. The first-order valence-electron chi connectivity index (χ1n) is 8.98. The molecule has 0 saturated carbocycles. The van der Waals surface area contributed by atoms with Gasteiger partial charge in [-0.2, -0.15) is 0 Å². The number of aliphatic hydroxyl groups is 1. The lowest BCUT2D eigenvalue weighted by Gasteiger charge is -2.21. The highest BCUT2D eigenvalue weighted by Gasteiger charge is 2.18. The summed E-state index contributed by atoms with van der Waals surface area (Å²) in [5, 5.41) is 9.71. The highest BCUT2D eigenvalue weighted by atomic mass is 16.3. The molecule has 5 heteroatoms. The van der Waals surface area contributed by atoms with E-state index in [9.17, 15) is 9.90 Å². The Balaban J connectivity index is 1.80. The van der Waals surface area contributed by atoms with E-state index in [-0.39, 0.29) is 5.91 Å². The van der Waals surface area contributed by atoms with Gasteiger partial charge in [-0.1, -0.05) is 17.9 Å². The summed E-state index contributed by atoms with van der Waals surface area (Å²) in [5.74, 6) is 6.25. The Morgan fingerprint density at radius 2 is 1.89 bits per heavy atom. The highest BCUT2D eigenvalue weighted by Crippen LogP contribution is 2.14. The predicted octanol–water partition coefficient (Wildman–Crippen LogP) is 3.64. The smallest absolute Gasteiger partial charge is 0.254 e. The number of pyridine rings is 1. The number of amides is 1. The SMILES string of the molecule is CC(C)(O)C#Cc1ccc(C(=O)N(Cc2ccccn2)Cc2ccco2)cc1. The Labute approximate surface area is 164 Å². The molecule has 2 heterocycles. The van der Waals surface area contributed by atoms with Gasteiger partial charge in [0, 0.05) is 17.3 Å². The van der Waals surface area contributed by atoms with Gasteiger partial charge in [-0.3, -0.25) is 9.78 Å². The number of hydrogen-bond acceptors (Lipinski definition) is 4. The van der Waals surface area contributed by atoms with Gasteiger partial charge < -0.3 is 14.4 Å². The van der Waals surface area contributed by atoms with Gasteiger partial charge in [0.05, 0.1) is 25.0 Å². The second-order valence-corrected chi connectivity index (χ2v) is 6.95. The molecular weight excluding hydrogens is 352 g/mol. The first-order chi connectivity index (χ1) is 13.4. The Bertz CT molecular complexity index is 961. The molecule has 5 nitrogen and oxygen atoms in total. The molecule has 0 unspecified atom stereocenters. The second kappa shape index (κ2) is 8.55. The van der Waals surface area contributed by atoms with Crippen LogP contribution in [0.2, 0.25) is 0 Å². The van der Waals surface area contributed by atoms with Crippen molar-refractivity contribution in [3.8, 4) is 11.8 Å². The van der Waals surface area contributed by atoms with Gasteiger partial charge in [0.25, 0.3) is 5.91 Å². The van der Waals surface area contributed by atoms with E-state index < -0.39 is 5.60 Å². The Hall–Kier alpha value is -3.36. The van der Waals surface area contributed by atoms with Gasteiger partial charge in [0.15, 0.2) is 0 Å². The van der Waals surface area contributed by atoms with Gasteiger partial charge >= 0.3 is 0 Å². The van der Waals surface area contributed by atoms with Crippen LogP contribution in [0.4, 0.5) is 0 Å². The molecule has 142 valence electrons. The molecule has 0 aliphatic heterocycles. The number of carbonyl (C=O) groups excluding carboxylic acids is 1. The number of rotatable bonds is 5. The van der Waals surface area contributed by atoms with Crippen LogP contribution in [0.3, 0.4) is 0 Å². The van der Waals surface area contributed by atoms with Gasteiger partial charge in [-0.05, 0) is 62.4 Å². The molecule has 1 aromatic carbocycles. The van der Waals surface area contributed by atoms with E-state index in [1.165, 1.54) is 0 Å². The van der Waals surface area contributed by atoms with Crippen molar-refractivity contribution in [3.05, 3.63) is 89.6 Å². The molecule has 0 fully saturated rings. The molecule has 0 aliphatic rings. The quantitative estimate of drug-likeness (QED) is 0.693. The maximum absolute atomic E-state index is 13.1. The zero-order chi connectivity index (χ0) is 20.0. The van der Waals surface area contributed by atoms with Gasteiger partial charge in [-0.25, -0.2) is 0 Å². The summed E-state index contributed by atoms with van der Waals surface area (Å²) < 4.78 is 5.41. The number of carbonyl (C=O) groups is 1. The molecule has 3 rings (SSSR count). The normalized spacial score (nSPS) is 10.8. The van der Waals surface area contributed by atoms with Gasteiger partial charge in [0.1, 0.15) is 11.4 Å². The third-order valence-electron chi connectivity index (χ3n) is 3.94. The monoisotopic (exact) mass is 374 g/mol. The van der Waals surface area contributed by atoms with Crippen molar-refractivity contribution >= 4 is 5.91 Å². The molecule has 1 N–H and O–H groups in total. The summed E-state index contributed by atoms with van der Waals surface area (Å²) in [7, 11) is 0. The lowest BCUT2D eigenvalue weighted by Crippen LogP contribution is -2.30. The number of furan rings is 1. The van der Waals surface area contributed by atoms with E-state index >= 15 is 0 Å². The fourth-order valence-corrected chi connectivity index (χ4v) is 2.58. The molecule has 0 bridgehead atoms. The van der Waals surface area contributed by atoms with Crippen molar-refractivity contribution in [2.75, 3.05) is 0 Å². The van der Waals surface area contributed by atoms with E-state index in [1.807, 2.05) is 24.3 Å². The third kappa shape index (κ3) is 5.57. The maximum Gasteiger partial charge on any atom is 0.254 e. The molecule has 0 aliphatic carbocycles. The average Bonchev–Trinajstić information content (AvgIpc) is 3.19. The lowest BCUT2D eigenvalue weighted by molar-refractivity contribution is 0.0715. The molecule has 28 heavy (non-hydrogen) atoms. The van der Waals surface area contributed by atoms with Crippen LogP contribution in [0.5, 0.6) is 0 Å². The minimum absolute atomic E-state index is 0.121. The van der Waals surface area contributed by atoms with Crippen molar-refractivity contribution in [1.29, 1.82) is 0 Å². The predicted molar refractivity (Wildman–Crippen MR) is 106 cm³/mol. The number of hydrogen-bond donors (Lipinski definition) is 1. The minimum atomic E-state index is -1.06. The minimum Gasteiger partial charge on any atom is -0.467 e. The topological polar surface area (TPSA) is 66.6 Å². The Kier molecular flexibility index (Phi) is 5.93. The van der Waals surface area contributed by atoms with Crippen LogP contribution < -0.4 is 0 Å². The summed E-state index contributed by atoms with van der Waals surface area (Å²) in [6.45, 7) is 3.98. The Morgan fingerprint density at radius 3 is 2.50 bits per heavy atom. The molecule has 0 atom stereocenters. The maximum atomic E-state index is 13.1. The second-order valence-electron chi connectivity index (χ2n) is 6.95. The van der Waals surface area contributed by atoms with Crippen molar-refractivity contribution in [1.82, 2.24) is 9.88 Å². The van der Waals surface area contributed by atoms with E-state index in [0.29, 0.717) is 24.4 Å². The van der Waals surface area contributed by atoms with Crippen LogP contribution in [0, 0.1) is 11.8 Å². The van der Waals surface area contributed by atoms with Crippen molar-refractivity contribution in [2.45, 2.75) is 32.5 Å².